The highest BCUT2D eigenvalue weighted by molar-refractivity contribution is 5.77. The van der Waals surface area contributed by atoms with E-state index in [1.54, 1.807) is 55.6 Å². The molecule has 0 aliphatic carbocycles. The van der Waals surface area contributed by atoms with Crippen molar-refractivity contribution in [3.05, 3.63) is 54.4 Å². The summed E-state index contributed by atoms with van der Waals surface area (Å²) in [6, 6.07) is 13.6. The first kappa shape index (κ1) is 17.9. The van der Waals surface area contributed by atoms with Crippen LogP contribution in [-0.2, 0) is 0 Å². The summed E-state index contributed by atoms with van der Waals surface area (Å²) in [6.07, 6.45) is -2.81. The Kier molecular flexibility index (Phi) is 5.48. The Labute approximate surface area is 148 Å². The van der Waals surface area contributed by atoms with Crippen LogP contribution in [0.3, 0.4) is 0 Å². The number of hydrogen-bond acceptors (Lipinski definition) is 5. The van der Waals surface area contributed by atoms with Gasteiger partial charge in [-0.25, -0.2) is 4.98 Å². The largest absolute Gasteiger partial charge is 0.497 e. The van der Waals surface area contributed by atoms with E-state index in [-0.39, 0.29) is 19.0 Å². The summed E-state index contributed by atoms with van der Waals surface area (Å²) in [4.78, 5) is 3.96. The summed E-state index contributed by atoms with van der Waals surface area (Å²) in [5.41, 5.74) is 1.55. The zero-order valence-corrected chi connectivity index (χ0v) is 14.0. The second-order valence-electron chi connectivity index (χ2n) is 5.36. The van der Waals surface area contributed by atoms with E-state index in [4.69, 9.17) is 19.0 Å². The van der Waals surface area contributed by atoms with Crippen LogP contribution >= 0.6 is 0 Å². The molecule has 0 unspecified atom stereocenters. The van der Waals surface area contributed by atoms with Gasteiger partial charge in [-0.3, -0.25) is 0 Å². The summed E-state index contributed by atoms with van der Waals surface area (Å²) in [5.74, 6) is 0.825. The normalized spacial score (nSPS) is 11.0. The van der Waals surface area contributed by atoms with Crippen molar-refractivity contribution in [2.45, 2.75) is 6.43 Å². The lowest BCUT2D eigenvalue weighted by Crippen LogP contribution is -2.01. The topological polar surface area (TPSA) is 64.7 Å². The molecular weight excluding hydrogens is 344 g/mol. The maximum atomic E-state index is 13.1. The fourth-order valence-electron chi connectivity index (χ4n) is 2.44. The Morgan fingerprint density at radius 3 is 2.19 bits per heavy atom. The van der Waals surface area contributed by atoms with E-state index in [9.17, 15) is 8.78 Å². The first-order chi connectivity index (χ1) is 12.6. The van der Waals surface area contributed by atoms with Gasteiger partial charge in [0.2, 0.25) is 0 Å². The van der Waals surface area contributed by atoms with Crippen molar-refractivity contribution in [1.29, 1.82) is 0 Å². The highest BCUT2D eigenvalue weighted by Gasteiger charge is 2.22. The average Bonchev–Trinajstić information content (AvgIpc) is 3.12. The van der Waals surface area contributed by atoms with Crippen LogP contribution < -0.4 is 9.47 Å². The molecule has 1 heterocycles. The van der Waals surface area contributed by atoms with Gasteiger partial charge in [0.05, 0.1) is 13.7 Å². The highest BCUT2D eigenvalue weighted by Crippen LogP contribution is 2.36. The Balaban J connectivity index is 1.99. The Hall–Kier alpha value is -2.93. The summed E-state index contributed by atoms with van der Waals surface area (Å²) in [5, 5.41) is 8.79. The molecule has 0 aliphatic heterocycles. The number of nitrogens with zero attached hydrogens (tertiary/aromatic N) is 1. The van der Waals surface area contributed by atoms with Gasteiger partial charge >= 0.3 is 6.43 Å². The molecule has 0 saturated carbocycles. The molecule has 0 amide bonds. The lowest BCUT2D eigenvalue weighted by atomic mass is 10.1. The lowest BCUT2D eigenvalue weighted by Gasteiger charge is -2.06. The highest BCUT2D eigenvalue weighted by atomic mass is 19.3. The molecule has 5 nitrogen and oxygen atoms in total. The summed E-state index contributed by atoms with van der Waals surface area (Å²) >= 11 is 0. The molecule has 0 bridgehead atoms. The molecule has 0 aliphatic rings. The number of oxazole rings is 1. The molecule has 3 aromatic rings. The SMILES string of the molecule is COc1ccc(-c2nc(C(F)F)oc2-c2ccc(OCCO)cc2)cc1. The first-order valence-corrected chi connectivity index (χ1v) is 7.89. The smallest absolute Gasteiger partial charge is 0.313 e. The first-order valence-electron chi connectivity index (χ1n) is 7.89. The standard InChI is InChI=1S/C19H17F2NO4/c1-24-14-6-2-12(3-7-14)16-17(26-19(22-16)18(20)21)13-4-8-15(9-5-13)25-11-10-23/h2-9,18,23H,10-11H2,1H3. The van der Waals surface area contributed by atoms with Crippen molar-refractivity contribution < 1.29 is 27.8 Å². The number of aromatic nitrogens is 1. The van der Waals surface area contributed by atoms with Crippen molar-refractivity contribution in [1.82, 2.24) is 4.98 Å². The third-order valence-electron chi connectivity index (χ3n) is 3.67. The summed E-state index contributed by atoms with van der Waals surface area (Å²) in [6.45, 7) is 0.0809. The van der Waals surface area contributed by atoms with Gasteiger partial charge in [-0.05, 0) is 48.5 Å². The predicted octanol–water partition coefficient (Wildman–Crippen LogP) is 4.33. The van der Waals surface area contributed by atoms with Gasteiger partial charge in [-0.1, -0.05) is 0 Å². The number of ether oxygens (including phenoxy) is 2. The number of methoxy groups -OCH3 is 1. The lowest BCUT2D eigenvalue weighted by molar-refractivity contribution is 0.116. The van der Waals surface area contributed by atoms with Crippen molar-refractivity contribution in [2.75, 3.05) is 20.3 Å². The van der Waals surface area contributed by atoms with Crippen molar-refractivity contribution in [3.8, 4) is 34.1 Å². The molecule has 26 heavy (non-hydrogen) atoms. The molecule has 1 aromatic heterocycles. The number of halogens is 2. The number of alkyl halides is 2. The van der Waals surface area contributed by atoms with E-state index < -0.39 is 12.3 Å². The Bertz CT molecular complexity index is 845. The van der Waals surface area contributed by atoms with Gasteiger partial charge < -0.3 is 19.0 Å². The third kappa shape index (κ3) is 3.83. The molecular formula is C19H17F2NO4. The summed E-state index contributed by atoms with van der Waals surface area (Å²) in [7, 11) is 1.55. The fourth-order valence-corrected chi connectivity index (χ4v) is 2.44. The minimum Gasteiger partial charge on any atom is -0.497 e. The van der Waals surface area contributed by atoms with Gasteiger partial charge in [-0.15, -0.1) is 0 Å². The molecule has 0 atom stereocenters. The monoisotopic (exact) mass is 361 g/mol. The maximum absolute atomic E-state index is 13.1. The molecule has 2 aromatic carbocycles. The van der Waals surface area contributed by atoms with Gasteiger partial charge in [0, 0.05) is 11.1 Å². The molecule has 136 valence electrons. The van der Waals surface area contributed by atoms with Crippen molar-refractivity contribution in [2.24, 2.45) is 0 Å². The van der Waals surface area contributed by atoms with Gasteiger partial charge in [0.15, 0.2) is 5.76 Å². The maximum Gasteiger partial charge on any atom is 0.313 e. The zero-order chi connectivity index (χ0) is 18.5. The zero-order valence-electron chi connectivity index (χ0n) is 14.0. The summed E-state index contributed by atoms with van der Waals surface area (Å²) < 4.78 is 41.9. The van der Waals surface area contributed by atoms with E-state index in [1.807, 2.05) is 0 Å². The molecule has 7 heteroatoms. The van der Waals surface area contributed by atoms with Crippen molar-refractivity contribution >= 4 is 0 Å². The van der Waals surface area contributed by atoms with E-state index in [1.165, 1.54) is 0 Å². The molecule has 0 fully saturated rings. The van der Waals surface area contributed by atoms with Crippen LogP contribution in [0.2, 0.25) is 0 Å². The molecule has 0 spiro atoms. The molecule has 0 radical (unpaired) electrons. The quantitative estimate of drug-likeness (QED) is 0.679. The third-order valence-corrected chi connectivity index (χ3v) is 3.67. The van der Waals surface area contributed by atoms with Gasteiger partial charge in [-0.2, -0.15) is 8.78 Å². The predicted molar refractivity (Wildman–Crippen MR) is 91.5 cm³/mol. The number of hydrogen-bond donors (Lipinski definition) is 1. The minimum absolute atomic E-state index is 0.0940. The number of aliphatic hydroxyl groups excluding tert-OH is 1. The van der Waals surface area contributed by atoms with E-state index in [0.717, 1.165) is 0 Å². The van der Waals surface area contributed by atoms with Gasteiger partial charge in [0.25, 0.3) is 5.89 Å². The van der Waals surface area contributed by atoms with E-state index in [0.29, 0.717) is 28.3 Å². The number of benzene rings is 2. The van der Waals surface area contributed by atoms with Gasteiger partial charge in [0.1, 0.15) is 23.8 Å². The van der Waals surface area contributed by atoms with Crippen LogP contribution in [0.25, 0.3) is 22.6 Å². The molecule has 1 N–H and O–H groups in total. The number of rotatable bonds is 7. The fraction of sp³-hybridized carbons (Fsp3) is 0.211. The molecule has 3 rings (SSSR count). The van der Waals surface area contributed by atoms with Crippen LogP contribution in [0.1, 0.15) is 12.3 Å². The molecule has 0 saturated heterocycles. The van der Waals surface area contributed by atoms with Crippen LogP contribution in [-0.4, -0.2) is 30.4 Å². The van der Waals surface area contributed by atoms with Crippen LogP contribution in [0.15, 0.2) is 52.9 Å². The average molecular weight is 361 g/mol. The Morgan fingerprint density at radius 2 is 1.62 bits per heavy atom. The second kappa shape index (κ2) is 7.97. The van der Waals surface area contributed by atoms with E-state index in [2.05, 4.69) is 4.98 Å². The van der Waals surface area contributed by atoms with E-state index >= 15 is 0 Å². The Morgan fingerprint density at radius 1 is 1.00 bits per heavy atom. The van der Waals surface area contributed by atoms with Crippen LogP contribution in [0, 0.1) is 0 Å². The van der Waals surface area contributed by atoms with Crippen LogP contribution in [0.5, 0.6) is 11.5 Å². The number of aliphatic hydroxyl groups is 1. The van der Waals surface area contributed by atoms with Crippen LogP contribution in [0.4, 0.5) is 8.78 Å². The second-order valence-corrected chi connectivity index (χ2v) is 5.36. The van der Waals surface area contributed by atoms with Crippen molar-refractivity contribution in [3.63, 3.8) is 0 Å². The minimum atomic E-state index is -2.81.